The third-order valence-corrected chi connectivity index (χ3v) is 8.85. The first-order chi connectivity index (χ1) is 25.6. The van der Waals surface area contributed by atoms with Gasteiger partial charge in [0, 0.05) is 36.8 Å². The number of benzene rings is 3. The molecule has 54 heavy (non-hydrogen) atoms. The summed E-state index contributed by atoms with van der Waals surface area (Å²) in [4.78, 5) is 42.3. The standard InChI is InChI=1S/C35H37F2N9O7.HI/c1-25(44-15-16-45(33(44)48)28-10-12-29(13-11-28)46-21-38-40-41-46)35(50,30-14-9-27(36)18-31(30)37)20-43-23-42(22-39-43)24-53-34(49)51-17-5-8-32(47)52-19-26-6-3-2-4-7-26;/h2-4,6-7,9-14,18,21-22,25,50H,5,8,15-17,19-20,23-24H2,1H3;1H/t25-,35-;/m1./s1. The number of urea groups is 1. The minimum absolute atomic E-state index is 0. The third-order valence-electron chi connectivity index (χ3n) is 8.85. The van der Waals surface area contributed by atoms with Gasteiger partial charge in [-0.1, -0.05) is 36.4 Å². The number of carbonyl (C=O) groups is 3. The molecule has 1 aromatic heterocycles. The van der Waals surface area contributed by atoms with Gasteiger partial charge in [-0.3, -0.25) is 14.7 Å². The van der Waals surface area contributed by atoms with Crippen LogP contribution in [0.1, 0.15) is 30.9 Å². The molecule has 3 heterocycles. The minimum Gasteiger partial charge on any atom is -0.461 e. The molecule has 1 saturated heterocycles. The second kappa shape index (κ2) is 18.1. The van der Waals surface area contributed by atoms with Crippen LogP contribution in [0.3, 0.4) is 0 Å². The van der Waals surface area contributed by atoms with Gasteiger partial charge < -0.3 is 29.1 Å². The number of rotatable bonds is 15. The zero-order chi connectivity index (χ0) is 37.4. The molecule has 2 aliphatic heterocycles. The van der Waals surface area contributed by atoms with Crippen LogP contribution in [0.5, 0.6) is 0 Å². The minimum atomic E-state index is -2.07. The Balaban J connectivity index is 0.00000561. The van der Waals surface area contributed by atoms with Gasteiger partial charge in [0.25, 0.3) is 0 Å². The molecule has 4 aromatic rings. The van der Waals surface area contributed by atoms with Crippen LogP contribution in [0.2, 0.25) is 0 Å². The summed E-state index contributed by atoms with van der Waals surface area (Å²) in [6.45, 7) is 1.63. The third kappa shape index (κ3) is 9.56. The average Bonchev–Trinajstić information content (AvgIpc) is 3.94. The summed E-state index contributed by atoms with van der Waals surface area (Å²) in [7, 11) is 0. The van der Waals surface area contributed by atoms with Crippen LogP contribution in [-0.4, -0.2) is 110 Å². The fourth-order valence-electron chi connectivity index (χ4n) is 5.99. The molecule has 16 nitrogen and oxygen atoms in total. The van der Waals surface area contributed by atoms with E-state index >= 15 is 4.39 Å². The quantitative estimate of drug-likeness (QED) is 0.103. The van der Waals surface area contributed by atoms with Gasteiger partial charge in [0.15, 0.2) is 6.73 Å². The highest BCUT2D eigenvalue weighted by molar-refractivity contribution is 14.0. The highest BCUT2D eigenvalue weighted by Crippen LogP contribution is 2.35. The Morgan fingerprint density at radius 3 is 2.46 bits per heavy atom. The predicted molar refractivity (Wildman–Crippen MR) is 198 cm³/mol. The van der Waals surface area contributed by atoms with Crippen molar-refractivity contribution in [3.05, 3.63) is 102 Å². The molecule has 1 fully saturated rings. The first-order valence-electron chi connectivity index (χ1n) is 16.7. The Morgan fingerprint density at radius 2 is 1.74 bits per heavy atom. The number of aliphatic hydroxyl groups is 1. The fraction of sp³-hybridized carbons (Fsp3) is 0.343. The van der Waals surface area contributed by atoms with Gasteiger partial charge in [-0.25, -0.2) is 23.1 Å². The van der Waals surface area contributed by atoms with Crippen molar-refractivity contribution < 1.29 is 42.5 Å². The molecule has 0 aliphatic carbocycles. The van der Waals surface area contributed by atoms with Gasteiger partial charge in [0.05, 0.1) is 24.9 Å². The normalized spacial score (nSPS) is 15.5. The molecule has 286 valence electrons. The number of nitrogens with zero attached hydrogens (tertiary/aromatic N) is 9. The molecular weight excluding hydrogens is 823 g/mol. The summed E-state index contributed by atoms with van der Waals surface area (Å²) in [5, 5.41) is 29.0. The predicted octanol–water partition coefficient (Wildman–Crippen LogP) is 4.23. The summed E-state index contributed by atoms with van der Waals surface area (Å²) >= 11 is 0. The number of hydrogen-bond donors (Lipinski definition) is 1. The van der Waals surface area contributed by atoms with Crippen molar-refractivity contribution in [1.29, 1.82) is 0 Å². The lowest BCUT2D eigenvalue weighted by Crippen LogP contribution is -2.55. The maximum Gasteiger partial charge on any atom is 0.510 e. The van der Waals surface area contributed by atoms with Crippen LogP contribution in [0.25, 0.3) is 5.69 Å². The summed E-state index contributed by atoms with van der Waals surface area (Å²) in [5.41, 5.74) is -0.142. The first kappa shape index (κ1) is 39.8. The lowest BCUT2D eigenvalue weighted by molar-refractivity contribution is -0.145. The van der Waals surface area contributed by atoms with E-state index in [0.29, 0.717) is 17.4 Å². The SMILES string of the molecule is C[C@@H](N1CCN(c2ccc(-n3cnnn3)cc2)C1=O)[C@](O)(CN1CN(COC(=O)OCCCC(=O)OCc2ccccc2)C=N1)c1ccc(F)cc1F.I. The Bertz CT molecular complexity index is 1910. The van der Waals surface area contributed by atoms with Crippen LogP contribution in [0.15, 0.2) is 84.2 Å². The summed E-state index contributed by atoms with van der Waals surface area (Å²) in [5.74, 6) is -2.24. The highest BCUT2D eigenvalue weighted by atomic mass is 127. The Labute approximate surface area is 325 Å². The second-order valence-corrected chi connectivity index (χ2v) is 12.4. The number of hydrazone groups is 1. The molecule has 3 aromatic carbocycles. The van der Waals surface area contributed by atoms with Crippen LogP contribution in [-0.2, 0) is 31.2 Å². The number of carbonyl (C=O) groups excluding carboxylic acids is 3. The molecule has 19 heteroatoms. The molecule has 0 saturated carbocycles. The monoisotopic (exact) mass is 861 g/mol. The van der Waals surface area contributed by atoms with Gasteiger partial charge in [-0.2, -0.15) is 5.10 Å². The molecule has 1 N–H and O–H groups in total. The number of hydrogen-bond acceptors (Lipinski definition) is 13. The summed E-state index contributed by atoms with van der Waals surface area (Å²) in [6.07, 6.45) is 2.14. The van der Waals surface area contributed by atoms with Gasteiger partial charge in [0.2, 0.25) is 0 Å². The molecule has 0 radical (unpaired) electrons. The zero-order valence-corrected chi connectivity index (χ0v) is 31.4. The number of halogens is 3. The van der Waals surface area contributed by atoms with Gasteiger partial charge in [-0.05, 0) is 59.7 Å². The number of tetrazole rings is 1. The molecule has 2 atom stereocenters. The molecule has 0 spiro atoms. The number of esters is 1. The number of aromatic nitrogens is 4. The van der Waals surface area contributed by atoms with Crippen molar-refractivity contribution in [3.8, 4) is 5.69 Å². The topological polar surface area (TPSA) is 168 Å². The van der Waals surface area contributed by atoms with E-state index in [1.165, 1.54) is 37.1 Å². The van der Waals surface area contributed by atoms with Crippen molar-refractivity contribution in [2.45, 2.75) is 38.0 Å². The van der Waals surface area contributed by atoms with Crippen molar-refractivity contribution >= 4 is 54.2 Å². The smallest absolute Gasteiger partial charge is 0.461 e. The van der Waals surface area contributed by atoms with E-state index in [2.05, 4.69) is 20.6 Å². The van der Waals surface area contributed by atoms with E-state index in [1.807, 2.05) is 30.3 Å². The largest absolute Gasteiger partial charge is 0.510 e. The molecular formula is C35H38F2IN9O7. The molecule has 0 bridgehead atoms. The van der Waals surface area contributed by atoms with E-state index in [0.717, 1.165) is 17.7 Å². The summed E-state index contributed by atoms with van der Waals surface area (Å²) in [6, 6.07) is 17.7. The molecule has 6 rings (SSSR count). The Morgan fingerprint density at radius 1 is 0.981 bits per heavy atom. The molecule has 2 amide bonds. The Kier molecular flexibility index (Phi) is 13.3. The fourth-order valence-corrected chi connectivity index (χ4v) is 5.99. The highest BCUT2D eigenvalue weighted by Gasteiger charge is 2.47. The second-order valence-electron chi connectivity index (χ2n) is 12.4. The van der Waals surface area contributed by atoms with Crippen LogP contribution < -0.4 is 4.90 Å². The van der Waals surface area contributed by atoms with Crippen molar-refractivity contribution in [2.24, 2.45) is 5.10 Å². The summed E-state index contributed by atoms with van der Waals surface area (Å²) < 4.78 is 46.2. The molecule has 2 aliphatic rings. The lowest BCUT2D eigenvalue weighted by Gasteiger charge is -2.41. The van der Waals surface area contributed by atoms with E-state index in [1.54, 1.807) is 31.2 Å². The maximum absolute atomic E-state index is 15.3. The molecule has 0 unspecified atom stereocenters. The van der Waals surface area contributed by atoms with Crippen LogP contribution >= 0.6 is 24.0 Å². The first-order valence-corrected chi connectivity index (χ1v) is 16.7. The van der Waals surface area contributed by atoms with Crippen LogP contribution in [0, 0.1) is 11.6 Å². The number of amides is 2. The van der Waals surface area contributed by atoms with Crippen molar-refractivity contribution in [3.63, 3.8) is 0 Å². The lowest BCUT2D eigenvalue weighted by atomic mass is 9.85. The zero-order valence-electron chi connectivity index (χ0n) is 29.1. The Hall–Kier alpha value is -5.44. The number of anilines is 1. The van der Waals surface area contributed by atoms with E-state index in [9.17, 15) is 23.9 Å². The van der Waals surface area contributed by atoms with Gasteiger partial charge in [0.1, 0.15) is 43.2 Å². The van der Waals surface area contributed by atoms with E-state index < -0.39 is 41.4 Å². The average molecular weight is 862 g/mol. The van der Waals surface area contributed by atoms with Crippen molar-refractivity contribution in [1.82, 2.24) is 35.0 Å². The maximum atomic E-state index is 15.3. The van der Waals surface area contributed by atoms with Crippen LogP contribution in [0.4, 0.5) is 24.1 Å². The van der Waals surface area contributed by atoms with E-state index in [4.69, 9.17) is 14.2 Å². The van der Waals surface area contributed by atoms with Gasteiger partial charge in [-0.15, -0.1) is 29.1 Å². The number of β-amino-alcohol motifs (C(OH)–C–C–N with tert-alkyl or cyclic N) is 1. The van der Waals surface area contributed by atoms with E-state index in [-0.39, 0.29) is 88.6 Å². The van der Waals surface area contributed by atoms with Crippen molar-refractivity contribution in [2.75, 3.05) is 44.5 Å². The number of ether oxygens (including phenoxy) is 3. The van der Waals surface area contributed by atoms with Gasteiger partial charge >= 0.3 is 18.2 Å².